The van der Waals surface area contributed by atoms with Crippen LogP contribution in [0, 0.1) is 0 Å². The van der Waals surface area contributed by atoms with Crippen LogP contribution in [0.4, 0.5) is 5.69 Å². The summed E-state index contributed by atoms with van der Waals surface area (Å²) in [5.41, 5.74) is 3.53. The maximum Gasteiger partial charge on any atom is 0.241 e. The van der Waals surface area contributed by atoms with E-state index in [0.29, 0.717) is 0 Å². The molecule has 2 heterocycles. The standard InChI is InChI=1S/C23H32N4O/c1-18(22(28)25-21-7-5-20(6-8-21)23(2,3)4)27-15-13-26(14-16-27)17-19-9-11-24-12-10-19/h5-12,18H,13-17H2,1-4H3,(H,25,28). The maximum absolute atomic E-state index is 12.7. The monoisotopic (exact) mass is 380 g/mol. The van der Waals surface area contributed by atoms with Crippen LogP contribution >= 0.6 is 0 Å². The third kappa shape index (κ3) is 5.40. The number of hydrogen-bond donors (Lipinski definition) is 1. The number of pyridine rings is 1. The van der Waals surface area contributed by atoms with Crippen molar-refractivity contribution in [2.24, 2.45) is 0 Å². The Morgan fingerprint density at radius 1 is 1.04 bits per heavy atom. The van der Waals surface area contributed by atoms with Gasteiger partial charge in [-0.05, 0) is 47.7 Å². The first-order chi connectivity index (χ1) is 13.3. The molecule has 5 heteroatoms. The molecule has 28 heavy (non-hydrogen) atoms. The van der Waals surface area contributed by atoms with E-state index in [9.17, 15) is 4.79 Å². The summed E-state index contributed by atoms with van der Waals surface area (Å²) in [6.45, 7) is 13.3. The second kappa shape index (κ2) is 8.84. The van der Waals surface area contributed by atoms with E-state index in [-0.39, 0.29) is 17.4 Å². The lowest BCUT2D eigenvalue weighted by molar-refractivity contribution is -0.121. The van der Waals surface area contributed by atoms with Crippen molar-refractivity contribution in [2.75, 3.05) is 31.5 Å². The van der Waals surface area contributed by atoms with Crippen molar-refractivity contribution in [3.63, 3.8) is 0 Å². The van der Waals surface area contributed by atoms with Gasteiger partial charge in [-0.15, -0.1) is 0 Å². The van der Waals surface area contributed by atoms with Crippen molar-refractivity contribution < 1.29 is 4.79 Å². The molecule has 150 valence electrons. The van der Waals surface area contributed by atoms with Crippen molar-refractivity contribution in [3.05, 3.63) is 59.9 Å². The maximum atomic E-state index is 12.7. The molecular formula is C23H32N4O. The largest absolute Gasteiger partial charge is 0.325 e. The van der Waals surface area contributed by atoms with Crippen LogP contribution < -0.4 is 5.32 Å². The van der Waals surface area contributed by atoms with E-state index in [1.54, 1.807) is 0 Å². The number of nitrogens with zero attached hydrogens (tertiary/aromatic N) is 3. The predicted molar refractivity (Wildman–Crippen MR) is 114 cm³/mol. The topological polar surface area (TPSA) is 48.5 Å². The number of piperazine rings is 1. The number of anilines is 1. The van der Waals surface area contributed by atoms with Crippen molar-refractivity contribution in [2.45, 2.75) is 45.7 Å². The molecular weight excluding hydrogens is 348 g/mol. The molecule has 0 saturated carbocycles. The molecule has 0 spiro atoms. The molecule has 1 aliphatic rings. The fourth-order valence-corrected chi connectivity index (χ4v) is 3.52. The lowest BCUT2D eigenvalue weighted by Crippen LogP contribution is -2.52. The van der Waals surface area contributed by atoms with Crippen LogP contribution in [0.5, 0.6) is 0 Å². The van der Waals surface area contributed by atoms with Crippen molar-refractivity contribution in [3.8, 4) is 0 Å². The second-order valence-electron chi connectivity index (χ2n) is 8.66. The van der Waals surface area contributed by atoms with E-state index in [4.69, 9.17) is 0 Å². The zero-order valence-corrected chi connectivity index (χ0v) is 17.5. The van der Waals surface area contributed by atoms with Crippen LogP contribution in [0.2, 0.25) is 0 Å². The highest BCUT2D eigenvalue weighted by molar-refractivity contribution is 5.94. The van der Waals surface area contributed by atoms with E-state index in [0.717, 1.165) is 38.4 Å². The lowest BCUT2D eigenvalue weighted by Gasteiger charge is -2.37. The molecule has 1 fully saturated rings. The van der Waals surface area contributed by atoms with Gasteiger partial charge >= 0.3 is 0 Å². The summed E-state index contributed by atoms with van der Waals surface area (Å²) in [7, 11) is 0. The summed E-state index contributed by atoms with van der Waals surface area (Å²) in [5, 5.41) is 3.07. The first kappa shape index (κ1) is 20.5. The number of carbonyl (C=O) groups excluding carboxylic acids is 1. The SMILES string of the molecule is CC(C(=O)Nc1ccc(C(C)(C)C)cc1)N1CCN(Cc2ccncc2)CC1. The first-order valence-corrected chi connectivity index (χ1v) is 10.1. The van der Waals surface area contributed by atoms with Crippen molar-refractivity contribution in [1.29, 1.82) is 0 Å². The van der Waals surface area contributed by atoms with Crippen LogP contribution in [-0.4, -0.2) is 52.9 Å². The van der Waals surface area contributed by atoms with E-state index >= 15 is 0 Å². The summed E-state index contributed by atoms with van der Waals surface area (Å²) in [5.74, 6) is 0.0612. The number of rotatable bonds is 5. The Hall–Kier alpha value is -2.24. The Balaban J connectivity index is 1.49. The van der Waals surface area contributed by atoms with Gasteiger partial charge in [0.05, 0.1) is 6.04 Å². The van der Waals surface area contributed by atoms with Gasteiger partial charge in [0.1, 0.15) is 0 Å². The van der Waals surface area contributed by atoms with Crippen LogP contribution in [0.15, 0.2) is 48.8 Å². The molecule has 0 radical (unpaired) electrons. The Kier molecular flexibility index (Phi) is 6.47. The minimum Gasteiger partial charge on any atom is -0.325 e. The van der Waals surface area contributed by atoms with Gasteiger partial charge in [0.25, 0.3) is 0 Å². The van der Waals surface area contributed by atoms with Gasteiger partial charge in [-0.1, -0.05) is 32.9 Å². The summed E-state index contributed by atoms with van der Waals surface area (Å²) in [4.78, 5) is 21.5. The second-order valence-corrected chi connectivity index (χ2v) is 8.66. The highest BCUT2D eigenvalue weighted by Gasteiger charge is 2.25. The molecule has 3 rings (SSSR count). The van der Waals surface area contributed by atoms with Crippen LogP contribution in [0.3, 0.4) is 0 Å². The predicted octanol–water partition coefficient (Wildman–Crippen LogP) is 3.52. The number of carbonyl (C=O) groups is 1. The molecule has 0 aliphatic carbocycles. The van der Waals surface area contributed by atoms with Crippen molar-refractivity contribution in [1.82, 2.24) is 14.8 Å². The summed E-state index contributed by atoms with van der Waals surface area (Å²) in [6, 6.07) is 12.2. The molecule has 1 unspecified atom stereocenters. The Morgan fingerprint density at radius 2 is 1.64 bits per heavy atom. The van der Waals surface area contributed by atoms with E-state index in [1.807, 2.05) is 31.5 Å². The highest BCUT2D eigenvalue weighted by atomic mass is 16.2. The van der Waals surface area contributed by atoms with Gasteiger partial charge in [-0.25, -0.2) is 0 Å². The fourth-order valence-electron chi connectivity index (χ4n) is 3.52. The van der Waals surface area contributed by atoms with Gasteiger partial charge in [0.2, 0.25) is 5.91 Å². The Labute approximate surface area is 168 Å². The van der Waals surface area contributed by atoms with Gasteiger partial charge in [-0.2, -0.15) is 0 Å². The third-order valence-electron chi connectivity index (χ3n) is 5.51. The molecule has 1 aromatic heterocycles. The van der Waals surface area contributed by atoms with E-state index in [1.165, 1.54) is 11.1 Å². The van der Waals surface area contributed by atoms with Crippen molar-refractivity contribution >= 4 is 11.6 Å². The molecule has 1 N–H and O–H groups in total. The van der Waals surface area contributed by atoms with Gasteiger partial charge in [-0.3, -0.25) is 19.6 Å². The minimum atomic E-state index is -0.134. The highest BCUT2D eigenvalue weighted by Crippen LogP contribution is 2.23. The summed E-state index contributed by atoms with van der Waals surface area (Å²) >= 11 is 0. The molecule has 1 saturated heterocycles. The molecule has 1 amide bonds. The smallest absolute Gasteiger partial charge is 0.241 e. The Morgan fingerprint density at radius 3 is 2.21 bits per heavy atom. The molecule has 5 nitrogen and oxygen atoms in total. The molecule has 1 aliphatic heterocycles. The van der Waals surface area contributed by atoms with Crippen LogP contribution in [-0.2, 0) is 16.8 Å². The molecule has 1 atom stereocenters. The summed E-state index contributed by atoms with van der Waals surface area (Å²) in [6.07, 6.45) is 3.68. The van der Waals surface area contributed by atoms with Gasteiger partial charge < -0.3 is 5.32 Å². The normalized spacial score (nSPS) is 17.3. The number of amides is 1. The first-order valence-electron chi connectivity index (χ1n) is 10.1. The number of benzene rings is 1. The number of aromatic nitrogens is 1. The average Bonchev–Trinajstić information content (AvgIpc) is 2.68. The number of nitrogens with one attached hydrogen (secondary N) is 1. The zero-order chi connectivity index (χ0) is 20.1. The quantitative estimate of drug-likeness (QED) is 0.862. The third-order valence-corrected chi connectivity index (χ3v) is 5.51. The van der Waals surface area contributed by atoms with Crippen LogP contribution in [0.1, 0.15) is 38.8 Å². The Bertz CT molecular complexity index is 759. The fraction of sp³-hybridized carbons (Fsp3) is 0.478. The molecule has 2 aromatic rings. The van der Waals surface area contributed by atoms with Crippen LogP contribution in [0.25, 0.3) is 0 Å². The average molecular weight is 381 g/mol. The zero-order valence-electron chi connectivity index (χ0n) is 17.5. The number of hydrogen-bond acceptors (Lipinski definition) is 4. The van der Waals surface area contributed by atoms with Gasteiger partial charge in [0.15, 0.2) is 0 Å². The molecule has 1 aromatic carbocycles. The summed E-state index contributed by atoms with van der Waals surface area (Å²) < 4.78 is 0. The van der Waals surface area contributed by atoms with E-state index < -0.39 is 0 Å². The van der Waals surface area contributed by atoms with E-state index in [2.05, 4.69) is 65.1 Å². The molecule has 0 bridgehead atoms. The lowest BCUT2D eigenvalue weighted by atomic mass is 9.87. The van der Waals surface area contributed by atoms with Gasteiger partial charge in [0, 0.05) is 50.8 Å². The minimum absolute atomic E-state index is 0.0612.